The summed E-state index contributed by atoms with van der Waals surface area (Å²) in [6.07, 6.45) is 2.59. The van der Waals surface area contributed by atoms with Crippen LogP contribution in [0.1, 0.15) is 31.4 Å². The van der Waals surface area contributed by atoms with Gasteiger partial charge in [-0.15, -0.1) is 0 Å². The van der Waals surface area contributed by atoms with Gasteiger partial charge in [0, 0.05) is 36.8 Å². The van der Waals surface area contributed by atoms with Crippen LogP contribution in [0.3, 0.4) is 0 Å². The third-order valence-corrected chi connectivity index (χ3v) is 4.63. The fourth-order valence-corrected chi connectivity index (χ4v) is 3.06. The molecule has 3 nitrogen and oxygen atoms in total. The zero-order valence-electron chi connectivity index (χ0n) is 12.4. The van der Waals surface area contributed by atoms with Gasteiger partial charge in [-0.05, 0) is 44.0 Å². The number of hydrogen-bond donors (Lipinski definition) is 1. The first kappa shape index (κ1) is 16.0. The summed E-state index contributed by atoms with van der Waals surface area (Å²) in [6.45, 7) is 6.31. The maximum Gasteiger partial charge on any atom is 0.0589 e. The molecule has 2 unspecified atom stereocenters. The van der Waals surface area contributed by atoms with Crippen molar-refractivity contribution in [1.82, 2.24) is 10.2 Å². The Hall–Kier alpha value is -0.420. The Labute approximate surface area is 130 Å². The highest BCUT2D eigenvalue weighted by Crippen LogP contribution is 2.23. The number of rotatable bonds is 7. The van der Waals surface area contributed by atoms with Crippen molar-refractivity contribution >= 4 is 15.9 Å². The molecule has 0 aliphatic carbocycles. The lowest BCUT2D eigenvalue weighted by Gasteiger charge is -2.31. The van der Waals surface area contributed by atoms with Crippen molar-refractivity contribution in [3.8, 4) is 0 Å². The normalized spacial score (nSPS) is 20.5. The Balaban J connectivity index is 2.01. The van der Waals surface area contributed by atoms with Crippen LogP contribution in [0.25, 0.3) is 0 Å². The molecule has 0 aromatic heterocycles. The summed E-state index contributed by atoms with van der Waals surface area (Å²) < 4.78 is 6.41. The van der Waals surface area contributed by atoms with Gasteiger partial charge in [0.2, 0.25) is 0 Å². The molecule has 1 saturated heterocycles. The van der Waals surface area contributed by atoms with Crippen molar-refractivity contribution < 1.29 is 4.74 Å². The average Bonchev–Trinajstić information content (AvgIpc) is 2.96. The van der Waals surface area contributed by atoms with E-state index in [4.69, 9.17) is 4.74 Å². The fraction of sp³-hybridized carbons (Fsp3) is 0.625. The molecular weight excluding hydrogens is 316 g/mol. The van der Waals surface area contributed by atoms with Gasteiger partial charge >= 0.3 is 0 Å². The molecule has 1 aromatic rings. The van der Waals surface area contributed by atoms with Gasteiger partial charge in [0.15, 0.2) is 0 Å². The zero-order chi connectivity index (χ0) is 14.4. The predicted octanol–water partition coefficient (Wildman–Crippen LogP) is 3.21. The molecule has 1 heterocycles. The van der Waals surface area contributed by atoms with Crippen molar-refractivity contribution in [1.29, 1.82) is 0 Å². The van der Waals surface area contributed by atoms with Crippen LogP contribution in [-0.2, 0) is 4.74 Å². The molecule has 4 heteroatoms. The van der Waals surface area contributed by atoms with E-state index in [1.54, 1.807) is 7.11 Å². The van der Waals surface area contributed by atoms with Gasteiger partial charge in [-0.25, -0.2) is 0 Å². The molecule has 20 heavy (non-hydrogen) atoms. The molecule has 0 radical (unpaired) electrons. The predicted molar refractivity (Wildman–Crippen MR) is 87.0 cm³/mol. The van der Waals surface area contributed by atoms with Crippen molar-refractivity contribution in [3.63, 3.8) is 0 Å². The molecule has 2 rings (SSSR count). The first-order chi connectivity index (χ1) is 9.70. The average molecular weight is 341 g/mol. The van der Waals surface area contributed by atoms with E-state index in [1.807, 2.05) is 0 Å². The second-order valence-corrected chi connectivity index (χ2v) is 6.42. The quantitative estimate of drug-likeness (QED) is 0.824. The molecule has 1 aromatic carbocycles. The van der Waals surface area contributed by atoms with E-state index in [1.165, 1.54) is 18.4 Å². The highest BCUT2D eigenvalue weighted by molar-refractivity contribution is 9.10. The van der Waals surface area contributed by atoms with E-state index in [0.717, 1.165) is 30.7 Å². The molecule has 0 amide bonds. The van der Waals surface area contributed by atoms with Crippen molar-refractivity contribution in [3.05, 3.63) is 34.3 Å². The van der Waals surface area contributed by atoms with Crippen molar-refractivity contribution in [2.45, 2.75) is 31.8 Å². The number of ether oxygens (including phenoxy) is 1. The maximum absolute atomic E-state index is 5.27. The third kappa shape index (κ3) is 4.55. The van der Waals surface area contributed by atoms with Gasteiger partial charge in [0.05, 0.1) is 6.61 Å². The smallest absolute Gasteiger partial charge is 0.0589 e. The maximum atomic E-state index is 5.27. The number of nitrogens with one attached hydrogen (secondary N) is 1. The summed E-state index contributed by atoms with van der Waals surface area (Å²) >= 11 is 3.50. The second-order valence-electron chi connectivity index (χ2n) is 5.51. The van der Waals surface area contributed by atoms with Crippen molar-refractivity contribution in [2.75, 3.05) is 33.4 Å². The molecule has 0 bridgehead atoms. The van der Waals surface area contributed by atoms with Crippen LogP contribution in [0, 0.1) is 0 Å². The highest BCUT2D eigenvalue weighted by atomic mass is 79.9. The second kappa shape index (κ2) is 8.13. The minimum absolute atomic E-state index is 0.417. The number of hydrogen-bond acceptors (Lipinski definition) is 3. The lowest BCUT2D eigenvalue weighted by molar-refractivity contribution is 0.118. The molecule has 0 spiro atoms. The van der Waals surface area contributed by atoms with Crippen LogP contribution in [-0.4, -0.2) is 44.3 Å². The molecule has 0 saturated carbocycles. The van der Waals surface area contributed by atoms with E-state index in [9.17, 15) is 0 Å². The standard InChI is InChI=1S/C16H25BrN2O/c1-13(14-5-7-15(17)8-6-14)19(10-11-20-2)12-16-4-3-9-18-16/h5-8,13,16,18H,3-4,9-12H2,1-2H3. The lowest BCUT2D eigenvalue weighted by Crippen LogP contribution is -2.40. The molecule has 1 N–H and O–H groups in total. The zero-order valence-corrected chi connectivity index (χ0v) is 14.0. The Morgan fingerprint density at radius 1 is 1.40 bits per heavy atom. The van der Waals surface area contributed by atoms with Crippen LogP contribution in [0.15, 0.2) is 28.7 Å². The van der Waals surface area contributed by atoms with E-state index < -0.39 is 0 Å². The summed E-state index contributed by atoms with van der Waals surface area (Å²) in [5.41, 5.74) is 1.36. The van der Waals surface area contributed by atoms with Crippen LogP contribution >= 0.6 is 15.9 Å². The van der Waals surface area contributed by atoms with E-state index in [-0.39, 0.29) is 0 Å². The Morgan fingerprint density at radius 2 is 2.15 bits per heavy atom. The minimum atomic E-state index is 0.417. The Kier molecular flexibility index (Phi) is 6.49. The Bertz CT molecular complexity index is 390. The summed E-state index contributed by atoms with van der Waals surface area (Å²) in [4.78, 5) is 2.52. The summed E-state index contributed by atoms with van der Waals surface area (Å²) in [6, 6.07) is 9.70. The number of benzene rings is 1. The third-order valence-electron chi connectivity index (χ3n) is 4.10. The van der Waals surface area contributed by atoms with Crippen LogP contribution in [0.5, 0.6) is 0 Å². The highest BCUT2D eigenvalue weighted by Gasteiger charge is 2.22. The van der Waals surface area contributed by atoms with E-state index in [2.05, 4.69) is 57.3 Å². The first-order valence-electron chi connectivity index (χ1n) is 7.42. The largest absolute Gasteiger partial charge is 0.383 e. The number of halogens is 1. The molecule has 1 aliphatic rings. The molecule has 112 valence electrons. The van der Waals surface area contributed by atoms with E-state index in [0.29, 0.717) is 12.1 Å². The lowest BCUT2D eigenvalue weighted by atomic mass is 10.1. The van der Waals surface area contributed by atoms with Crippen LogP contribution < -0.4 is 5.32 Å². The number of nitrogens with zero attached hydrogens (tertiary/aromatic N) is 1. The van der Waals surface area contributed by atoms with Gasteiger partial charge in [-0.1, -0.05) is 28.1 Å². The summed E-state index contributed by atoms with van der Waals surface area (Å²) in [5, 5.41) is 3.59. The van der Waals surface area contributed by atoms with Crippen LogP contribution in [0.4, 0.5) is 0 Å². The topological polar surface area (TPSA) is 24.5 Å². The van der Waals surface area contributed by atoms with Gasteiger partial charge in [-0.2, -0.15) is 0 Å². The fourth-order valence-electron chi connectivity index (χ4n) is 2.80. The minimum Gasteiger partial charge on any atom is -0.383 e. The van der Waals surface area contributed by atoms with Gasteiger partial charge < -0.3 is 10.1 Å². The first-order valence-corrected chi connectivity index (χ1v) is 8.22. The van der Waals surface area contributed by atoms with Crippen LogP contribution in [0.2, 0.25) is 0 Å². The van der Waals surface area contributed by atoms with Gasteiger partial charge in [0.25, 0.3) is 0 Å². The van der Waals surface area contributed by atoms with Crippen molar-refractivity contribution in [2.24, 2.45) is 0 Å². The SMILES string of the molecule is COCCN(CC1CCCN1)C(C)c1ccc(Br)cc1. The molecule has 1 fully saturated rings. The summed E-state index contributed by atoms with van der Waals surface area (Å²) in [5.74, 6) is 0. The van der Waals surface area contributed by atoms with E-state index >= 15 is 0 Å². The molecule has 1 aliphatic heterocycles. The van der Waals surface area contributed by atoms with Gasteiger partial charge in [0.1, 0.15) is 0 Å². The number of methoxy groups -OCH3 is 1. The summed E-state index contributed by atoms with van der Waals surface area (Å²) in [7, 11) is 1.77. The monoisotopic (exact) mass is 340 g/mol. The molecular formula is C16H25BrN2O. The van der Waals surface area contributed by atoms with Gasteiger partial charge in [-0.3, -0.25) is 4.90 Å². The molecule has 2 atom stereocenters. The Morgan fingerprint density at radius 3 is 2.75 bits per heavy atom.